The van der Waals surface area contributed by atoms with Gasteiger partial charge in [0.05, 0.1) is 4.36 Å². The van der Waals surface area contributed by atoms with Crippen LogP contribution in [-0.4, -0.2) is 30.6 Å². The van der Waals surface area contributed by atoms with Crippen LogP contribution in [0.2, 0.25) is 0 Å². The number of hydrogen-bond donors (Lipinski definition) is 0. The quantitative estimate of drug-likeness (QED) is 0.417. The Morgan fingerprint density at radius 3 is 2.00 bits per heavy atom. The maximum Gasteiger partial charge on any atom is 0.164 e. The second-order valence-corrected chi connectivity index (χ2v) is 5.09. The van der Waals surface area contributed by atoms with Gasteiger partial charge in [-0.25, -0.2) is 23.2 Å². The van der Waals surface area contributed by atoms with E-state index < -0.39 is 10.2 Å². The highest BCUT2D eigenvalue weighted by Gasteiger charge is 1.88. The van der Waals surface area contributed by atoms with Crippen LogP contribution in [0.3, 0.4) is 0 Å². The molecule has 0 saturated carbocycles. The van der Waals surface area contributed by atoms with E-state index >= 15 is 0 Å². The van der Waals surface area contributed by atoms with Crippen LogP contribution in [0, 0.1) is 10.2 Å². The molecule has 15 heavy (non-hydrogen) atoms. The molecule has 0 aliphatic carbocycles. The minimum absolute atomic E-state index is 0.844. The molecule has 0 amide bonds. The predicted octanol–water partition coefficient (Wildman–Crippen LogP) is -2.59. The minimum Gasteiger partial charge on any atom is -0.241 e. The van der Waals surface area contributed by atoms with Crippen molar-refractivity contribution in [1.29, 1.82) is 0 Å². The van der Waals surface area contributed by atoms with Gasteiger partial charge >= 0.3 is 0 Å². The summed E-state index contributed by atoms with van der Waals surface area (Å²) >= 11 is 7.43. The summed E-state index contributed by atoms with van der Waals surface area (Å²) in [6, 6.07) is 0. The predicted molar refractivity (Wildman–Crippen MR) is 50.2 cm³/mol. The first-order chi connectivity index (χ1) is 6.66. The van der Waals surface area contributed by atoms with E-state index in [0.29, 0.717) is 0 Å². The zero-order chi connectivity index (χ0) is 12.5. The highest BCUT2D eigenvalue weighted by atomic mass is 35.7. The van der Waals surface area contributed by atoms with Gasteiger partial charge in [-0.3, -0.25) is 0 Å². The topological polar surface area (TPSA) is 95.2 Å². The standard InChI is InChI=1S/C7H13ClNS.ClHO4/c1-4-10-7(8)5-6-9(2)3;2-1(3,4)5/h5-6H,4H2,1-3H3;(H,2,3,4,5)/q+1;/p-1/b7-5+;. The van der Waals surface area contributed by atoms with E-state index in [1.54, 1.807) is 11.8 Å². The lowest BCUT2D eigenvalue weighted by atomic mass is 10.7. The Kier molecular flexibility index (Phi) is 11.0. The summed E-state index contributed by atoms with van der Waals surface area (Å²) in [7, 11) is -1.01. The molecule has 0 aromatic rings. The molecule has 0 spiro atoms. The SMILES string of the molecule is CCS/C(Cl)=C/C=[N+](C)C.[O-][Cl+3]([O-])([O-])[O-]. The summed E-state index contributed by atoms with van der Waals surface area (Å²) < 4.78 is 36.8. The molecule has 0 N–H and O–H groups in total. The molecule has 0 saturated heterocycles. The molecular weight excluding hydrogens is 265 g/mol. The number of thioether (sulfide) groups is 1. The lowest BCUT2D eigenvalue weighted by molar-refractivity contribution is -2.00. The zero-order valence-corrected chi connectivity index (χ0v) is 10.9. The first kappa shape index (κ1) is 17.6. The van der Waals surface area contributed by atoms with Crippen molar-refractivity contribution in [3.63, 3.8) is 0 Å². The molecular formula is C7H13Cl2NO4S. The molecule has 5 nitrogen and oxygen atoms in total. The van der Waals surface area contributed by atoms with Gasteiger partial charge < -0.3 is 0 Å². The number of rotatable bonds is 3. The molecule has 0 heterocycles. The van der Waals surface area contributed by atoms with Crippen LogP contribution in [0.25, 0.3) is 0 Å². The molecule has 0 radical (unpaired) electrons. The van der Waals surface area contributed by atoms with Gasteiger partial charge in [0, 0.05) is 6.08 Å². The molecule has 0 fully saturated rings. The van der Waals surface area contributed by atoms with Crippen molar-refractivity contribution in [3.8, 4) is 0 Å². The van der Waals surface area contributed by atoms with E-state index in [-0.39, 0.29) is 0 Å². The van der Waals surface area contributed by atoms with Crippen molar-refractivity contribution in [3.05, 3.63) is 10.4 Å². The molecule has 0 aliphatic rings. The Balaban J connectivity index is 0. The molecule has 0 rings (SSSR count). The van der Waals surface area contributed by atoms with E-state index in [9.17, 15) is 0 Å². The first-order valence-corrected chi connectivity index (χ1v) is 6.38. The van der Waals surface area contributed by atoms with Gasteiger partial charge in [-0.05, 0) is 5.75 Å². The summed E-state index contributed by atoms with van der Waals surface area (Å²) in [5.74, 6) is 1.02. The smallest absolute Gasteiger partial charge is 0.164 e. The van der Waals surface area contributed by atoms with Gasteiger partial charge in [-0.1, -0.05) is 18.5 Å². The van der Waals surface area contributed by atoms with Gasteiger partial charge in [-0.2, -0.15) is 0 Å². The van der Waals surface area contributed by atoms with E-state index in [4.69, 9.17) is 30.2 Å². The highest BCUT2D eigenvalue weighted by Crippen LogP contribution is 2.17. The van der Waals surface area contributed by atoms with Gasteiger partial charge in [0.15, 0.2) is 6.21 Å². The molecule has 0 bridgehead atoms. The largest absolute Gasteiger partial charge is 0.241 e. The molecule has 0 unspecified atom stereocenters. The fourth-order valence-electron chi connectivity index (χ4n) is 0.394. The average Bonchev–Trinajstić information content (AvgIpc) is 1.98. The van der Waals surface area contributed by atoms with E-state index in [0.717, 1.165) is 10.1 Å². The van der Waals surface area contributed by atoms with E-state index in [1.165, 1.54) is 0 Å². The third-order valence-electron chi connectivity index (χ3n) is 0.786. The summed E-state index contributed by atoms with van der Waals surface area (Å²) in [5, 5.41) is 0. The van der Waals surface area contributed by atoms with Gasteiger partial charge in [0.2, 0.25) is 0 Å². The lowest BCUT2D eigenvalue weighted by Crippen LogP contribution is -2.68. The molecule has 0 atom stereocenters. The second-order valence-electron chi connectivity index (χ2n) is 2.39. The lowest BCUT2D eigenvalue weighted by Gasteiger charge is -2.17. The van der Waals surface area contributed by atoms with Crippen LogP contribution in [0.4, 0.5) is 0 Å². The average molecular weight is 278 g/mol. The van der Waals surface area contributed by atoms with Crippen LogP contribution < -0.4 is 18.6 Å². The van der Waals surface area contributed by atoms with Crippen LogP contribution in [0.5, 0.6) is 0 Å². The molecule has 0 aliphatic heterocycles. The number of nitrogens with zero attached hydrogens (tertiary/aromatic N) is 1. The van der Waals surface area contributed by atoms with E-state index in [2.05, 4.69) is 6.92 Å². The van der Waals surface area contributed by atoms with Crippen molar-refractivity contribution in [2.45, 2.75) is 6.92 Å². The summed E-state index contributed by atoms with van der Waals surface area (Å²) in [5.41, 5.74) is 0. The highest BCUT2D eigenvalue weighted by molar-refractivity contribution is 8.04. The zero-order valence-electron chi connectivity index (χ0n) is 8.61. The van der Waals surface area contributed by atoms with Crippen LogP contribution in [-0.2, 0) is 0 Å². The Hall–Kier alpha value is 0.180. The van der Waals surface area contributed by atoms with Crippen molar-refractivity contribution >= 4 is 29.6 Å². The van der Waals surface area contributed by atoms with Gasteiger partial charge in [0.1, 0.15) is 14.1 Å². The Morgan fingerprint density at radius 2 is 1.73 bits per heavy atom. The Morgan fingerprint density at radius 1 is 1.33 bits per heavy atom. The summed E-state index contributed by atoms with van der Waals surface area (Å²) in [6.07, 6.45) is 3.83. The third-order valence-corrected chi connectivity index (χ3v) is 1.94. The van der Waals surface area contributed by atoms with Crippen molar-refractivity contribution in [2.24, 2.45) is 0 Å². The van der Waals surface area contributed by atoms with Crippen molar-refractivity contribution in [1.82, 2.24) is 0 Å². The van der Waals surface area contributed by atoms with Gasteiger partial charge in [-0.15, -0.1) is 22.0 Å². The molecule has 0 aromatic heterocycles. The maximum atomic E-state index is 8.49. The maximum absolute atomic E-state index is 8.49. The molecule has 8 heteroatoms. The monoisotopic (exact) mass is 277 g/mol. The number of allylic oxidation sites excluding steroid dienone is 1. The van der Waals surface area contributed by atoms with E-state index in [1.807, 2.05) is 31.0 Å². The van der Waals surface area contributed by atoms with Crippen molar-refractivity contribution in [2.75, 3.05) is 19.8 Å². The van der Waals surface area contributed by atoms with Crippen LogP contribution in [0.1, 0.15) is 6.92 Å². The molecule has 0 aromatic carbocycles. The second kappa shape index (κ2) is 9.41. The Bertz CT molecular complexity index is 218. The Labute approximate surface area is 100 Å². The summed E-state index contributed by atoms with van der Waals surface area (Å²) in [4.78, 5) is 0. The normalized spacial score (nSPS) is 11.6. The third kappa shape index (κ3) is 31.4. The fourth-order valence-corrected chi connectivity index (χ4v) is 1.21. The summed E-state index contributed by atoms with van der Waals surface area (Å²) in [6.45, 7) is 2.08. The minimum atomic E-state index is -4.94. The molecule has 90 valence electrons. The van der Waals surface area contributed by atoms with Gasteiger partial charge in [0.25, 0.3) is 0 Å². The van der Waals surface area contributed by atoms with Crippen LogP contribution >= 0.6 is 23.4 Å². The number of hydrogen-bond acceptors (Lipinski definition) is 5. The fraction of sp³-hybridized carbons (Fsp3) is 0.571. The first-order valence-electron chi connectivity index (χ1n) is 3.78. The van der Waals surface area contributed by atoms with Crippen molar-refractivity contribution < 1.29 is 33.5 Å². The van der Waals surface area contributed by atoms with Crippen LogP contribution in [0.15, 0.2) is 10.4 Å². The number of halogens is 2.